The first-order chi connectivity index (χ1) is 19.7. The third-order valence-electron chi connectivity index (χ3n) is 7.52. The number of anilines is 1. The molecule has 4 aromatic carbocycles. The molecule has 3 nitrogen and oxygen atoms in total. The van der Waals surface area contributed by atoms with E-state index in [9.17, 15) is 0 Å². The minimum absolute atomic E-state index is 0.849. The van der Waals surface area contributed by atoms with E-state index in [1.165, 1.54) is 38.5 Å². The van der Waals surface area contributed by atoms with Gasteiger partial charge in [-0.25, -0.2) is 4.98 Å². The van der Waals surface area contributed by atoms with E-state index in [1.54, 1.807) is 0 Å². The van der Waals surface area contributed by atoms with Crippen molar-refractivity contribution >= 4 is 33.0 Å². The summed E-state index contributed by atoms with van der Waals surface area (Å²) < 4.78 is 2.30. The molecule has 3 heteroatoms. The van der Waals surface area contributed by atoms with E-state index in [1.807, 2.05) is 12.3 Å². The van der Waals surface area contributed by atoms with Crippen LogP contribution < -0.4 is 4.90 Å². The highest BCUT2D eigenvalue weighted by Crippen LogP contribution is 2.33. The summed E-state index contributed by atoms with van der Waals surface area (Å²) in [5.41, 5.74) is 8.30. The normalized spacial score (nSPS) is 11.8. The maximum atomic E-state index is 4.88. The van der Waals surface area contributed by atoms with Crippen molar-refractivity contribution in [1.82, 2.24) is 9.38 Å². The number of rotatable bonds is 9. The number of aromatic nitrogens is 2. The third-order valence-corrected chi connectivity index (χ3v) is 7.52. The van der Waals surface area contributed by atoms with Gasteiger partial charge in [0.1, 0.15) is 5.65 Å². The van der Waals surface area contributed by atoms with Gasteiger partial charge in [-0.2, -0.15) is 0 Å². The third kappa shape index (κ3) is 4.94. The lowest BCUT2D eigenvalue weighted by molar-refractivity contribution is 0.908. The molecule has 0 saturated carbocycles. The highest BCUT2D eigenvalue weighted by atomic mass is 15.1. The van der Waals surface area contributed by atoms with Gasteiger partial charge in [0, 0.05) is 35.6 Å². The number of fused-ring (bicyclic) bond motifs is 6. The summed E-state index contributed by atoms with van der Waals surface area (Å²) in [7, 11) is 2.16. The zero-order chi connectivity index (χ0) is 27.3. The zero-order valence-electron chi connectivity index (χ0n) is 22.9. The summed E-state index contributed by atoms with van der Waals surface area (Å²) >= 11 is 0. The molecule has 0 N–H and O–H groups in total. The first kappa shape index (κ1) is 25.4. The van der Waals surface area contributed by atoms with Gasteiger partial charge in [0.25, 0.3) is 0 Å². The number of hydrogen-bond acceptors (Lipinski definition) is 2. The number of allylic oxidation sites excluding steroid dienone is 5. The van der Waals surface area contributed by atoms with Crippen LogP contribution in [0.4, 0.5) is 5.69 Å². The lowest BCUT2D eigenvalue weighted by Gasteiger charge is -2.21. The number of benzene rings is 4. The highest BCUT2D eigenvalue weighted by Gasteiger charge is 2.14. The second kappa shape index (κ2) is 11.5. The lowest BCUT2D eigenvalue weighted by atomic mass is 10.0. The minimum atomic E-state index is 0.849. The van der Waals surface area contributed by atoms with Crippen molar-refractivity contribution in [1.29, 1.82) is 0 Å². The molecule has 0 unspecified atom stereocenters. The molecule has 0 bridgehead atoms. The van der Waals surface area contributed by atoms with Crippen molar-refractivity contribution in [3.05, 3.63) is 151 Å². The van der Waals surface area contributed by atoms with Crippen molar-refractivity contribution < 1.29 is 0 Å². The maximum Gasteiger partial charge on any atom is 0.145 e. The average molecular weight is 520 g/mol. The van der Waals surface area contributed by atoms with Crippen LogP contribution in [0.15, 0.2) is 140 Å². The molecule has 2 heterocycles. The Labute approximate surface area is 236 Å². The second-order valence-corrected chi connectivity index (χ2v) is 10.1. The monoisotopic (exact) mass is 519 g/mol. The number of nitrogens with zero attached hydrogens (tertiary/aromatic N) is 3. The predicted molar refractivity (Wildman–Crippen MR) is 171 cm³/mol. The van der Waals surface area contributed by atoms with Gasteiger partial charge in [0.2, 0.25) is 0 Å². The predicted octanol–water partition coefficient (Wildman–Crippen LogP) is 9.18. The smallest absolute Gasteiger partial charge is 0.145 e. The van der Waals surface area contributed by atoms with Crippen LogP contribution in [0.1, 0.15) is 17.5 Å². The van der Waals surface area contributed by atoms with Crippen LogP contribution in [0.3, 0.4) is 0 Å². The molecule has 0 aliphatic carbocycles. The molecule has 6 rings (SSSR count). The largest absolute Gasteiger partial charge is 0.370 e. The molecular weight excluding hydrogens is 486 g/mol. The SMILES string of the molecule is C=CC/C=C\C=C/Cc1ccccc1CN(C)c1ccc(-c2cnc3c4ccccc4c4ccccc4n23)cc1. The van der Waals surface area contributed by atoms with Gasteiger partial charge in [-0.3, -0.25) is 4.40 Å². The van der Waals surface area contributed by atoms with E-state index >= 15 is 0 Å². The molecular formula is C37H33N3. The quantitative estimate of drug-likeness (QED) is 0.108. The van der Waals surface area contributed by atoms with Gasteiger partial charge in [-0.1, -0.05) is 109 Å². The Balaban J connectivity index is 1.27. The standard InChI is InChI=1S/C37H33N3/c1-3-4-5-6-7-8-15-28-16-9-10-17-30(28)27-39(2)31-24-22-29(23-25-31)36-26-38-37-34-20-12-11-18-32(34)33-19-13-14-21-35(33)40(36)37/h3,5-14,16-26H,1,4,15,27H2,2H3/b6-5-,8-7-. The number of pyridine rings is 1. The Kier molecular flexibility index (Phi) is 7.28. The van der Waals surface area contributed by atoms with E-state index in [0.29, 0.717) is 0 Å². The fraction of sp³-hybridized carbons (Fsp3) is 0.108. The average Bonchev–Trinajstić information content (AvgIpc) is 3.46. The Hall–Kier alpha value is -4.89. The maximum absolute atomic E-state index is 4.88. The molecule has 0 saturated heterocycles. The number of hydrogen-bond donors (Lipinski definition) is 0. The molecule has 196 valence electrons. The molecule has 40 heavy (non-hydrogen) atoms. The van der Waals surface area contributed by atoms with Crippen LogP contribution in [-0.2, 0) is 13.0 Å². The van der Waals surface area contributed by atoms with Crippen molar-refractivity contribution in [3.8, 4) is 11.3 Å². The van der Waals surface area contributed by atoms with Gasteiger partial charge in [-0.05, 0) is 47.6 Å². The lowest BCUT2D eigenvalue weighted by Crippen LogP contribution is -2.17. The van der Waals surface area contributed by atoms with Gasteiger partial charge in [-0.15, -0.1) is 6.58 Å². The van der Waals surface area contributed by atoms with E-state index in [2.05, 4.69) is 144 Å². The fourth-order valence-corrected chi connectivity index (χ4v) is 5.47. The van der Waals surface area contributed by atoms with E-state index in [0.717, 1.165) is 36.3 Å². The summed E-state index contributed by atoms with van der Waals surface area (Å²) in [4.78, 5) is 7.19. The summed E-state index contributed by atoms with van der Waals surface area (Å²) in [5.74, 6) is 0. The molecule has 0 amide bonds. The van der Waals surface area contributed by atoms with Crippen LogP contribution in [0, 0.1) is 0 Å². The molecule has 0 aliphatic heterocycles. The molecule has 6 aromatic rings. The summed E-state index contributed by atoms with van der Waals surface area (Å²) in [6.45, 7) is 4.61. The zero-order valence-corrected chi connectivity index (χ0v) is 22.9. The molecule has 0 spiro atoms. The van der Waals surface area contributed by atoms with Gasteiger partial charge in [0.15, 0.2) is 0 Å². The topological polar surface area (TPSA) is 20.5 Å². The fourth-order valence-electron chi connectivity index (χ4n) is 5.47. The Morgan fingerprint density at radius 3 is 2.23 bits per heavy atom. The van der Waals surface area contributed by atoms with Crippen LogP contribution in [-0.4, -0.2) is 16.4 Å². The molecule has 0 aliphatic rings. The number of imidazole rings is 1. The summed E-state index contributed by atoms with van der Waals surface area (Å²) in [6.07, 6.45) is 14.3. The van der Waals surface area contributed by atoms with Crippen LogP contribution in [0.25, 0.3) is 38.6 Å². The highest BCUT2D eigenvalue weighted by molar-refractivity contribution is 6.12. The van der Waals surface area contributed by atoms with Gasteiger partial charge < -0.3 is 4.90 Å². The van der Waals surface area contributed by atoms with Gasteiger partial charge in [0.05, 0.1) is 17.4 Å². The van der Waals surface area contributed by atoms with Crippen molar-refractivity contribution in [3.63, 3.8) is 0 Å². The summed E-state index contributed by atoms with van der Waals surface area (Å²) in [6, 6.07) is 34.7. The van der Waals surface area contributed by atoms with Crippen molar-refractivity contribution in [2.24, 2.45) is 0 Å². The summed E-state index contributed by atoms with van der Waals surface area (Å²) in [5, 5.41) is 3.65. The Morgan fingerprint density at radius 1 is 0.750 bits per heavy atom. The van der Waals surface area contributed by atoms with Gasteiger partial charge >= 0.3 is 0 Å². The minimum Gasteiger partial charge on any atom is -0.370 e. The van der Waals surface area contributed by atoms with E-state index in [-0.39, 0.29) is 0 Å². The second-order valence-electron chi connectivity index (χ2n) is 10.1. The van der Waals surface area contributed by atoms with Crippen LogP contribution >= 0.6 is 0 Å². The first-order valence-electron chi connectivity index (χ1n) is 13.8. The number of para-hydroxylation sites is 1. The van der Waals surface area contributed by atoms with E-state index < -0.39 is 0 Å². The van der Waals surface area contributed by atoms with Crippen molar-refractivity contribution in [2.75, 3.05) is 11.9 Å². The van der Waals surface area contributed by atoms with Crippen molar-refractivity contribution in [2.45, 2.75) is 19.4 Å². The van der Waals surface area contributed by atoms with Crippen LogP contribution in [0.5, 0.6) is 0 Å². The Morgan fingerprint density at radius 2 is 1.43 bits per heavy atom. The molecule has 0 atom stereocenters. The first-order valence-corrected chi connectivity index (χ1v) is 13.8. The molecule has 0 radical (unpaired) electrons. The van der Waals surface area contributed by atoms with Crippen LogP contribution in [0.2, 0.25) is 0 Å². The molecule has 0 fully saturated rings. The molecule has 2 aromatic heterocycles. The van der Waals surface area contributed by atoms with E-state index in [4.69, 9.17) is 4.98 Å². The Bertz CT molecular complexity index is 1850.